The maximum atomic E-state index is 12.2. The van der Waals surface area contributed by atoms with Crippen LogP contribution in [-0.2, 0) is 27.1 Å². The van der Waals surface area contributed by atoms with Gasteiger partial charge in [-0.05, 0) is 35.1 Å². The van der Waals surface area contributed by atoms with Gasteiger partial charge in [-0.3, -0.25) is 4.79 Å². The Hall–Kier alpha value is -2.18. The second-order valence-corrected chi connectivity index (χ2v) is 8.49. The Labute approximate surface area is 155 Å². The van der Waals surface area contributed by atoms with Crippen molar-refractivity contribution in [3.05, 3.63) is 70.8 Å². The number of aryl methyl sites for hydroxylation is 1. The zero-order valence-electron chi connectivity index (χ0n) is 15.5. The van der Waals surface area contributed by atoms with Crippen molar-refractivity contribution < 1.29 is 13.2 Å². The molecule has 2 aromatic carbocycles. The van der Waals surface area contributed by atoms with Crippen LogP contribution in [0.15, 0.2) is 48.5 Å². The van der Waals surface area contributed by atoms with Gasteiger partial charge in [-0.15, -0.1) is 0 Å². The first-order valence-corrected chi connectivity index (χ1v) is 10.3. The molecule has 0 spiro atoms. The topological polar surface area (TPSA) is 75.3 Å². The van der Waals surface area contributed by atoms with Crippen molar-refractivity contribution in [1.29, 1.82) is 0 Å². The zero-order chi connectivity index (χ0) is 19.2. The van der Waals surface area contributed by atoms with Gasteiger partial charge in [0.2, 0.25) is 15.9 Å². The average Bonchev–Trinajstić information content (AvgIpc) is 2.59. The van der Waals surface area contributed by atoms with Gasteiger partial charge in [-0.2, -0.15) is 0 Å². The summed E-state index contributed by atoms with van der Waals surface area (Å²) >= 11 is 0. The Morgan fingerprint density at radius 3 is 2.31 bits per heavy atom. The minimum atomic E-state index is -3.56. The molecule has 0 heterocycles. The molecule has 0 aromatic heterocycles. The Balaban J connectivity index is 1.83. The highest BCUT2D eigenvalue weighted by Gasteiger charge is 2.14. The molecule has 6 heteroatoms. The number of carbonyl (C=O) groups is 1. The second kappa shape index (κ2) is 8.96. The lowest BCUT2D eigenvalue weighted by molar-refractivity contribution is -0.120. The van der Waals surface area contributed by atoms with E-state index >= 15 is 0 Å². The standard InChI is InChI=1S/C20H26N2O3S/c1-15(2)18-10-8-17(9-11-18)14-26(24,25)22-13-20(23)21-12-19-7-5-4-6-16(19)3/h4-11,15,22H,12-14H2,1-3H3,(H,21,23). The van der Waals surface area contributed by atoms with Gasteiger partial charge in [0.1, 0.15) is 0 Å². The largest absolute Gasteiger partial charge is 0.351 e. The maximum Gasteiger partial charge on any atom is 0.235 e. The Bertz CT molecular complexity index is 844. The summed E-state index contributed by atoms with van der Waals surface area (Å²) in [6.07, 6.45) is 0. The highest BCUT2D eigenvalue weighted by molar-refractivity contribution is 7.88. The van der Waals surface area contributed by atoms with Gasteiger partial charge in [0.15, 0.2) is 0 Å². The summed E-state index contributed by atoms with van der Waals surface area (Å²) in [7, 11) is -3.56. The summed E-state index contributed by atoms with van der Waals surface area (Å²) in [6, 6.07) is 15.2. The third-order valence-corrected chi connectivity index (χ3v) is 5.49. The molecule has 0 radical (unpaired) electrons. The van der Waals surface area contributed by atoms with E-state index in [1.165, 1.54) is 0 Å². The van der Waals surface area contributed by atoms with E-state index in [-0.39, 0.29) is 18.2 Å². The zero-order valence-corrected chi connectivity index (χ0v) is 16.3. The summed E-state index contributed by atoms with van der Waals surface area (Å²) in [5, 5.41) is 2.73. The molecule has 0 fully saturated rings. The van der Waals surface area contributed by atoms with E-state index in [1.54, 1.807) is 0 Å². The van der Waals surface area contributed by atoms with Gasteiger partial charge in [0, 0.05) is 6.54 Å². The van der Waals surface area contributed by atoms with Crippen molar-refractivity contribution in [3.63, 3.8) is 0 Å². The fraction of sp³-hybridized carbons (Fsp3) is 0.350. The normalized spacial score (nSPS) is 11.5. The first-order valence-electron chi connectivity index (χ1n) is 8.64. The van der Waals surface area contributed by atoms with E-state index in [2.05, 4.69) is 23.9 Å². The summed E-state index contributed by atoms with van der Waals surface area (Å²) in [4.78, 5) is 11.9. The van der Waals surface area contributed by atoms with Crippen LogP contribution in [0.5, 0.6) is 0 Å². The van der Waals surface area contributed by atoms with Gasteiger partial charge in [-0.1, -0.05) is 62.4 Å². The van der Waals surface area contributed by atoms with Crippen LogP contribution >= 0.6 is 0 Å². The van der Waals surface area contributed by atoms with Crippen molar-refractivity contribution in [2.75, 3.05) is 6.54 Å². The van der Waals surface area contributed by atoms with E-state index in [1.807, 2.05) is 55.5 Å². The number of hydrogen-bond acceptors (Lipinski definition) is 3. The molecule has 2 N–H and O–H groups in total. The smallest absolute Gasteiger partial charge is 0.235 e. The summed E-state index contributed by atoms with van der Waals surface area (Å²) in [5.41, 5.74) is 3.95. The summed E-state index contributed by atoms with van der Waals surface area (Å²) in [5.74, 6) is -0.0982. The maximum absolute atomic E-state index is 12.2. The molecule has 0 bridgehead atoms. The monoisotopic (exact) mass is 374 g/mol. The number of amides is 1. The van der Waals surface area contributed by atoms with Crippen LogP contribution in [0, 0.1) is 6.92 Å². The van der Waals surface area contributed by atoms with E-state index in [0.29, 0.717) is 18.0 Å². The fourth-order valence-corrected chi connectivity index (χ4v) is 3.59. The fourth-order valence-electron chi connectivity index (χ4n) is 2.51. The van der Waals surface area contributed by atoms with E-state index in [4.69, 9.17) is 0 Å². The van der Waals surface area contributed by atoms with E-state index in [9.17, 15) is 13.2 Å². The number of sulfonamides is 1. The molecular formula is C20H26N2O3S. The second-order valence-electron chi connectivity index (χ2n) is 6.68. The number of nitrogens with one attached hydrogen (secondary N) is 2. The van der Waals surface area contributed by atoms with Crippen LogP contribution < -0.4 is 10.0 Å². The summed E-state index contributed by atoms with van der Waals surface area (Å²) in [6.45, 7) is 6.25. The minimum Gasteiger partial charge on any atom is -0.351 e. The quantitative estimate of drug-likeness (QED) is 0.746. The molecule has 5 nitrogen and oxygen atoms in total. The lowest BCUT2D eigenvalue weighted by Gasteiger charge is -2.10. The molecule has 0 saturated heterocycles. The Morgan fingerprint density at radius 2 is 1.69 bits per heavy atom. The highest BCUT2D eigenvalue weighted by Crippen LogP contribution is 2.15. The van der Waals surface area contributed by atoms with Crippen LogP contribution in [-0.4, -0.2) is 20.9 Å². The summed E-state index contributed by atoms with van der Waals surface area (Å²) < 4.78 is 26.7. The molecule has 26 heavy (non-hydrogen) atoms. The molecular weight excluding hydrogens is 348 g/mol. The molecule has 1 amide bonds. The first kappa shape index (κ1) is 20.1. The van der Waals surface area contributed by atoms with Crippen molar-refractivity contribution >= 4 is 15.9 Å². The van der Waals surface area contributed by atoms with Crippen molar-refractivity contribution in [2.45, 2.75) is 39.0 Å². The lowest BCUT2D eigenvalue weighted by atomic mass is 10.0. The molecule has 0 aliphatic heterocycles. The van der Waals surface area contributed by atoms with Gasteiger partial charge in [0.05, 0.1) is 12.3 Å². The van der Waals surface area contributed by atoms with Gasteiger partial charge < -0.3 is 5.32 Å². The number of benzene rings is 2. The van der Waals surface area contributed by atoms with Crippen molar-refractivity contribution in [1.82, 2.24) is 10.0 Å². The Kier molecular flexibility index (Phi) is 6.94. The van der Waals surface area contributed by atoms with Crippen molar-refractivity contribution in [2.24, 2.45) is 0 Å². The lowest BCUT2D eigenvalue weighted by Crippen LogP contribution is -2.37. The molecule has 140 valence electrons. The minimum absolute atomic E-state index is 0.142. The average molecular weight is 375 g/mol. The molecule has 0 aliphatic carbocycles. The van der Waals surface area contributed by atoms with Gasteiger partial charge >= 0.3 is 0 Å². The predicted molar refractivity (Wildman–Crippen MR) is 104 cm³/mol. The molecule has 2 aromatic rings. The molecule has 0 unspecified atom stereocenters. The first-order chi connectivity index (χ1) is 12.3. The predicted octanol–water partition coefficient (Wildman–Crippen LogP) is 2.85. The van der Waals surface area contributed by atoms with Crippen LogP contribution in [0.3, 0.4) is 0 Å². The van der Waals surface area contributed by atoms with Crippen LogP contribution in [0.1, 0.15) is 42.0 Å². The molecule has 0 aliphatic rings. The molecule has 2 rings (SSSR count). The SMILES string of the molecule is Cc1ccccc1CNC(=O)CNS(=O)(=O)Cc1ccc(C(C)C)cc1. The molecule has 0 saturated carbocycles. The Morgan fingerprint density at radius 1 is 1.04 bits per heavy atom. The van der Waals surface area contributed by atoms with E-state index in [0.717, 1.165) is 16.7 Å². The third kappa shape index (κ3) is 6.28. The third-order valence-electron chi connectivity index (χ3n) is 4.19. The van der Waals surface area contributed by atoms with Gasteiger partial charge in [0.25, 0.3) is 0 Å². The number of hydrogen-bond donors (Lipinski definition) is 2. The van der Waals surface area contributed by atoms with Gasteiger partial charge in [-0.25, -0.2) is 13.1 Å². The van der Waals surface area contributed by atoms with Crippen LogP contribution in [0.4, 0.5) is 0 Å². The number of carbonyl (C=O) groups excluding carboxylic acids is 1. The van der Waals surface area contributed by atoms with E-state index < -0.39 is 10.0 Å². The highest BCUT2D eigenvalue weighted by atomic mass is 32.2. The van der Waals surface area contributed by atoms with Crippen LogP contribution in [0.25, 0.3) is 0 Å². The van der Waals surface area contributed by atoms with Crippen LogP contribution in [0.2, 0.25) is 0 Å². The van der Waals surface area contributed by atoms with Crippen molar-refractivity contribution in [3.8, 4) is 0 Å². The molecule has 0 atom stereocenters. The number of rotatable bonds is 8.